The molecule has 2 aromatic carbocycles. The molecule has 0 aliphatic carbocycles. The van der Waals surface area contributed by atoms with E-state index in [4.69, 9.17) is 28.2 Å². The molecule has 0 bridgehead atoms. The molecule has 0 radical (unpaired) electrons. The van der Waals surface area contributed by atoms with Crippen LogP contribution in [0, 0.1) is 0 Å². The zero-order chi connectivity index (χ0) is 17.2. The van der Waals surface area contributed by atoms with E-state index in [1.54, 1.807) is 12.1 Å². The number of aromatic nitrogens is 2. The predicted molar refractivity (Wildman–Crippen MR) is 105 cm³/mol. The average Bonchev–Trinajstić information content (AvgIpc) is 2.65. The van der Waals surface area contributed by atoms with E-state index in [2.05, 4.69) is 21.3 Å². The first kappa shape index (κ1) is 16.4. The molecule has 4 rings (SSSR count). The van der Waals surface area contributed by atoms with Gasteiger partial charge in [-0.25, -0.2) is 4.98 Å². The lowest BCUT2D eigenvalue weighted by Gasteiger charge is -2.29. The first-order valence-corrected chi connectivity index (χ1v) is 9.20. The maximum absolute atomic E-state index is 6.11. The molecule has 6 heteroatoms. The molecule has 3 aromatic rings. The van der Waals surface area contributed by atoms with Gasteiger partial charge in [-0.2, -0.15) is 4.98 Å². The van der Waals surface area contributed by atoms with Gasteiger partial charge in [-0.1, -0.05) is 35.3 Å². The van der Waals surface area contributed by atoms with Crippen molar-refractivity contribution in [3.63, 3.8) is 0 Å². The number of nitrogens with one attached hydrogen (secondary N) is 1. The van der Waals surface area contributed by atoms with Crippen molar-refractivity contribution in [2.45, 2.75) is 19.3 Å². The van der Waals surface area contributed by atoms with Gasteiger partial charge in [-0.15, -0.1) is 0 Å². The molecular weight excluding hydrogens is 355 g/mol. The molecular formula is C19H18Cl2N4. The molecule has 0 atom stereocenters. The highest BCUT2D eigenvalue weighted by atomic mass is 35.5. The molecule has 4 nitrogen and oxygen atoms in total. The van der Waals surface area contributed by atoms with Crippen LogP contribution in [0.25, 0.3) is 10.9 Å². The van der Waals surface area contributed by atoms with Crippen molar-refractivity contribution in [2.75, 3.05) is 23.3 Å². The second kappa shape index (κ2) is 7.06. The molecule has 0 spiro atoms. The van der Waals surface area contributed by atoms with E-state index in [1.807, 2.05) is 24.3 Å². The van der Waals surface area contributed by atoms with Crippen LogP contribution in [0.5, 0.6) is 0 Å². The summed E-state index contributed by atoms with van der Waals surface area (Å²) in [5.41, 5.74) is 1.75. The van der Waals surface area contributed by atoms with E-state index in [0.29, 0.717) is 16.0 Å². The van der Waals surface area contributed by atoms with E-state index in [-0.39, 0.29) is 0 Å². The summed E-state index contributed by atoms with van der Waals surface area (Å²) < 4.78 is 0. The molecule has 1 aliphatic heterocycles. The van der Waals surface area contributed by atoms with Crippen molar-refractivity contribution in [1.29, 1.82) is 0 Å². The van der Waals surface area contributed by atoms with Gasteiger partial charge in [0.25, 0.3) is 0 Å². The Hall–Kier alpha value is -2.04. The maximum Gasteiger partial charge on any atom is 0.229 e. The summed E-state index contributed by atoms with van der Waals surface area (Å²) in [6.45, 7) is 2.07. The molecule has 2 heterocycles. The van der Waals surface area contributed by atoms with Crippen molar-refractivity contribution in [2.24, 2.45) is 0 Å². The zero-order valence-corrected chi connectivity index (χ0v) is 15.2. The van der Waals surface area contributed by atoms with Crippen molar-refractivity contribution < 1.29 is 0 Å². The fourth-order valence-electron chi connectivity index (χ4n) is 3.17. The largest absolute Gasteiger partial charge is 0.356 e. The first-order chi connectivity index (χ1) is 12.2. The van der Waals surface area contributed by atoms with Crippen molar-refractivity contribution >= 4 is 51.6 Å². The number of piperidine rings is 1. The second-order valence-electron chi connectivity index (χ2n) is 6.19. The summed E-state index contributed by atoms with van der Waals surface area (Å²) in [6.07, 6.45) is 3.69. The Bertz CT molecular complexity index is 907. The minimum atomic E-state index is 0.503. The Balaban J connectivity index is 1.74. The number of hydrogen-bond acceptors (Lipinski definition) is 4. The molecule has 25 heavy (non-hydrogen) atoms. The second-order valence-corrected chi connectivity index (χ2v) is 7.00. The lowest BCUT2D eigenvalue weighted by Crippen LogP contribution is -2.30. The Labute approximate surface area is 156 Å². The molecule has 0 unspecified atom stereocenters. The standard InChI is InChI=1S/C19H18Cl2N4/c20-15-9-8-13(12-16(15)21)22-19-23-17-7-3-2-6-14(17)18(24-19)25-10-4-1-5-11-25/h2-3,6-9,12H,1,4-5,10-11H2,(H,22,23,24). The lowest BCUT2D eigenvalue weighted by atomic mass is 10.1. The van der Waals surface area contributed by atoms with Gasteiger partial charge in [0.05, 0.1) is 15.6 Å². The Morgan fingerprint density at radius 3 is 2.48 bits per heavy atom. The number of para-hydroxylation sites is 1. The van der Waals surface area contributed by atoms with Crippen LogP contribution in [0.1, 0.15) is 19.3 Å². The van der Waals surface area contributed by atoms with Crippen LogP contribution < -0.4 is 10.2 Å². The minimum absolute atomic E-state index is 0.503. The smallest absolute Gasteiger partial charge is 0.229 e. The normalized spacial score (nSPS) is 14.7. The first-order valence-electron chi connectivity index (χ1n) is 8.44. The van der Waals surface area contributed by atoms with Gasteiger partial charge in [0.2, 0.25) is 5.95 Å². The molecule has 0 saturated carbocycles. The number of benzene rings is 2. The highest BCUT2D eigenvalue weighted by molar-refractivity contribution is 6.42. The summed E-state index contributed by atoms with van der Waals surface area (Å²) in [6, 6.07) is 13.5. The molecule has 1 aromatic heterocycles. The fraction of sp³-hybridized carbons (Fsp3) is 0.263. The van der Waals surface area contributed by atoms with Crippen LogP contribution in [-0.2, 0) is 0 Å². The summed E-state index contributed by atoms with van der Waals surface area (Å²) in [5, 5.41) is 5.37. The van der Waals surface area contributed by atoms with Gasteiger partial charge in [-0.05, 0) is 49.6 Å². The number of hydrogen-bond donors (Lipinski definition) is 1. The predicted octanol–water partition coefficient (Wildman–Crippen LogP) is 5.67. The highest BCUT2D eigenvalue weighted by Gasteiger charge is 2.17. The molecule has 1 N–H and O–H groups in total. The van der Waals surface area contributed by atoms with Crippen molar-refractivity contribution in [3.05, 3.63) is 52.5 Å². The van der Waals surface area contributed by atoms with Crippen LogP contribution in [0.15, 0.2) is 42.5 Å². The lowest BCUT2D eigenvalue weighted by molar-refractivity contribution is 0.575. The van der Waals surface area contributed by atoms with Crippen molar-refractivity contribution in [1.82, 2.24) is 9.97 Å². The average molecular weight is 373 g/mol. The highest BCUT2D eigenvalue weighted by Crippen LogP contribution is 2.30. The fourth-order valence-corrected chi connectivity index (χ4v) is 3.46. The molecule has 1 aliphatic rings. The minimum Gasteiger partial charge on any atom is -0.356 e. The third-order valence-corrected chi connectivity index (χ3v) is 5.15. The summed E-state index contributed by atoms with van der Waals surface area (Å²) in [5.74, 6) is 1.56. The molecule has 1 saturated heterocycles. The Morgan fingerprint density at radius 2 is 1.68 bits per heavy atom. The maximum atomic E-state index is 6.11. The van der Waals surface area contributed by atoms with E-state index in [1.165, 1.54) is 19.3 Å². The number of halogens is 2. The summed E-state index contributed by atoms with van der Waals surface area (Å²) >= 11 is 12.1. The molecule has 128 valence electrons. The van der Waals surface area contributed by atoms with Crippen molar-refractivity contribution in [3.8, 4) is 0 Å². The van der Waals surface area contributed by atoms with Crippen LogP contribution in [0.2, 0.25) is 10.0 Å². The number of anilines is 3. The van der Waals surface area contributed by atoms with Gasteiger partial charge < -0.3 is 10.2 Å². The van der Waals surface area contributed by atoms with Gasteiger partial charge in [0.1, 0.15) is 5.82 Å². The van der Waals surface area contributed by atoms with Gasteiger partial charge >= 0.3 is 0 Å². The van der Waals surface area contributed by atoms with Crippen LogP contribution in [0.3, 0.4) is 0 Å². The van der Waals surface area contributed by atoms with Crippen LogP contribution >= 0.6 is 23.2 Å². The third kappa shape index (κ3) is 3.51. The van der Waals surface area contributed by atoms with Gasteiger partial charge in [0, 0.05) is 24.2 Å². The summed E-state index contributed by atoms with van der Waals surface area (Å²) in [7, 11) is 0. The molecule has 0 amide bonds. The number of rotatable bonds is 3. The quantitative estimate of drug-likeness (QED) is 0.642. The Kier molecular flexibility index (Phi) is 4.64. The molecule has 1 fully saturated rings. The van der Waals surface area contributed by atoms with Crippen LogP contribution in [-0.4, -0.2) is 23.1 Å². The van der Waals surface area contributed by atoms with E-state index >= 15 is 0 Å². The zero-order valence-electron chi connectivity index (χ0n) is 13.7. The van der Waals surface area contributed by atoms with E-state index in [0.717, 1.165) is 35.5 Å². The SMILES string of the molecule is Clc1ccc(Nc2nc(N3CCCCC3)c3ccccc3n2)cc1Cl. The third-order valence-electron chi connectivity index (χ3n) is 4.41. The van der Waals surface area contributed by atoms with E-state index in [9.17, 15) is 0 Å². The number of nitrogens with zero attached hydrogens (tertiary/aromatic N) is 3. The summed E-state index contributed by atoms with van der Waals surface area (Å²) in [4.78, 5) is 11.8. The Morgan fingerprint density at radius 1 is 0.880 bits per heavy atom. The monoisotopic (exact) mass is 372 g/mol. The van der Waals surface area contributed by atoms with Crippen LogP contribution in [0.4, 0.5) is 17.5 Å². The topological polar surface area (TPSA) is 41.1 Å². The number of fused-ring (bicyclic) bond motifs is 1. The van der Waals surface area contributed by atoms with E-state index < -0.39 is 0 Å². The van der Waals surface area contributed by atoms with Gasteiger partial charge in [-0.3, -0.25) is 0 Å². The van der Waals surface area contributed by atoms with Gasteiger partial charge in [0.15, 0.2) is 0 Å².